The van der Waals surface area contributed by atoms with Gasteiger partial charge in [-0.25, -0.2) is 22.3 Å². The average molecular weight is 585 g/mol. The minimum absolute atomic E-state index is 0.168. The number of hydrogen-bond donors (Lipinski definition) is 2. The van der Waals surface area contributed by atoms with Crippen LogP contribution in [0.5, 0.6) is 0 Å². The van der Waals surface area contributed by atoms with E-state index in [1.54, 1.807) is 0 Å². The summed E-state index contributed by atoms with van der Waals surface area (Å²) in [5, 5.41) is 30.7. The third-order valence-electron chi connectivity index (χ3n) is 7.51. The molecule has 0 aliphatic carbocycles. The zero-order valence-electron chi connectivity index (χ0n) is 24.7. The highest BCUT2D eigenvalue weighted by atomic mass is 32.2. The van der Waals surface area contributed by atoms with Crippen LogP contribution < -0.4 is 0 Å². The molecule has 2 N–H and O–H groups in total. The predicted octanol–water partition coefficient (Wildman–Crippen LogP) is 7.49. The van der Waals surface area contributed by atoms with E-state index in [1.807, 2.05) is 0 Å². The van der Waals surface area contributed by atoms with Crippen molar-refractivity contribution in [3.63, 3.8) is 0 Å². The van der Waals surface area contributed by atoms with Gasteiger partial charge in [0.2, 0.25) is 10.0 Å². The molecule has 0 aromatic heterocycles. The van der Waals surface area contributed by atoms with E-state index < -0.39 is 48.6 Å². The Morgan fingerprint density at radius 1 is 0.725 bits per heavy atom. The molecule has 0 aliphatic rings. The van der Waals surface area contributed by atoms with Crippen LogP contribution in [0.15, 0.2) is 4.90 Å². The number of unbranched alkanes of at least 4 members (excludes halogenated alkanes) is 15. The topological polar surface area (TPSA) is 155 Å². The van der Waals surface area contributed by atoms with E-state index in [9.17, 15) is 38.3 Å². The molecule has 0 bridgehead atoms. The quantitative estimate of drug-likeness (QED) is 0.0806. The zero-order chi connectivity index (χ0) is 30.3. The molecule has 228 valence electrons. The first-order valence-electron chi connectivity index (χ1n) is 14.6. The monoisotopic (exact) mass is 584 g/mol. The van der Waals surface area contributed by atoms with E-state index in [4.69, 9.17) is 0 Å². The number of benzene rings is 1. The number of nitro benzene ring substituents is 1. The van der Waals surface area contributed by atoms with E-state index in [0.29, 0.717) is 6.42 Å². The van der Waals surface area contributed by atoms with Crippen molar-refractivity contribution in [1.82, 2.24) is 4.31 Å². The number of carboxylic acids is 2. The zero-order valence-corrected chi connectivity index (χ0v) is 25.5. The fourth-order valence-electron chi connectivity index (χ4n) is 5.24. The summed E-state index contributed by atoms with van der Waals surface area (Å²) in [5.41, 5.74) is -3.67. The summed E-state index contributed by atoms with van der Waals surface area (Å²) in [4.78, 5) is 33.6. The summed E-state index contributed by atoms with van der Waals surface area (Å²) in [6.07, 6.45) is 19.1. The minimum atomic E-state index is -4.29. The second-order valence-electron chi connectivity index (χ2n) is 10.7. The smallest absolute Gasteiger partial charge is 0.343 e. The molecule has 1 rings (SSSR count). The van der Waals surface area contributed by atoms with E-state index in [2.05, 4.69) is 6.92 Å². The van der Waals surface area contributed by atoms with Gasteiger partial charge in [-0.05, 0) is 31.4 Å². The summed E-state index contributed by atoms with van der Waals surface area (Å²) < 4.78 is 27.8. The Labute approximate surface area is 239 Å². The van der Waals surface area contributed by atoms with Crippen molar-refractivity contribution in [1.29, 1.82) is 0 Å². The van der Waals surface area contributed by atoms with Crippen LogP contribution in [0.25, 0.3) is 0 Å². The third kappa shape index (κ3) is 10.5. The van der Waals surface area contributed by atoms with Gasteiger partial charge in [0.1, 0.15) is 11.1 Å². The van der Waals surface area contributed by atoms with Gasteiger partial charge in [-0.1, -0.05) is 103 Å². The van der Waals surface area contributed by atoms with Crippen molar-refractivity contribution >= 4 is 27.6 Å². The first kappa shape index (κ1) is 35.5. The summed E-state index contributed by atoms with van der Waals surface area (Å²) in [6, 6.07) is 0. The Morgan fingerprint density at radius 3 is 1.35 bits per heavy atom. The molecule has 0 aliphatic heterocycles. The lowest BCUT2D eigenvalue weighted by Crippen LogP contribution is -2.30. The van der Waals surface area contributed by atoms with Crippen LogP contribution in [0.3, 0.4) is 0 Å². The van der Waals surface area contributed by atoms with Crippen LogP contribution in [0, 0.1) is 24.0 Å². The van der Waals surface area contributed by atoms with Crippen molar-refractivity contribution < 1.29 is 33.1 Å². The highest BCUT2D eigenvalue weighted by Crippen LogP contribution is 2.37. The van der Waals surface area contributed by atoms with Crippen LogP contribution in [0.2, 0.25) is 0 Å². The van der Waals surface area contributed by atoms with E-state index in [0.717, 1.165) is 43.8 Å². The molecule has 10 nitrogen and oxygen atoms in total. The molecule has 40 heavy (non-hydrogen) atoms. The maximum atomic E-state index is 13.4. The summed E-state index contributed by atoms with van der Waals surface area (Å²) in [5.74, 6) is -3.52. The molecule has 0 saturated heterocycles. The lowest BCUT2D eigenvalue weighted by molar-refractivity contribution is -0.385. The number of rotatable bonds is 22. The van der Waals surface area contributed by atoms with Crippen LogP contribution in [-0.2, 0) is 10.0 Å². The predicted molar refractivity (Wildman–Crippen MR) is 156 cm³/mol. The van der Waals surface area contributed by atoms with Gasteiger partial charge in [-0.2, -0.15) is 0 Å². The molecular weight excluding hydrogens is 536 g/mol. The molecule has 0 fully saturated rings. The summed E-state index contributed by atoms with van der Waals surface area (Å²) in [6.45, 7) is 4.72. The Hall–Kier alpha value is -2.53. The van der Waals surface area contributed by atoms with Gasteiger partial charge in [0, 0.05) is 13.6 Å². The standard InChI is InChI=1S/C29H48N2O8S/c1-5-6-7-8-9-10-11-12-13-14-15-16-17-18-19-20-21-30(4)40(38,39)27-22(2)24(28(32)33)26(31(36)37)25(23(27)3)29(34)35/h5-21H2,1-4H3,(H,32,33)(H,34,35). The normalized spacial score (nSPS) is 11.7. The number of aromatic carboxylic acids is 2. The van der Waals surface area contributed by atoms with Gasteiger partial charge in [0.25, 0.3) is 5.69 Å². The maximum Gasteiger partial charge on any atom is 0.343 e. The van der Waals surface area contributed by atoms with Crippen molar-refractivity contribution in [3.8, 4) is 0 Å². The lowest BCUT2D eigenvalue weighted by atomic mass is 9.96. The van der Waals surface area contributed by atoms with Crippen molar-refractivity contribution in [3.05, 3.63) is 32.4 Å². The first-order valence-corrected chi connectivity index (χ1v) is 16.1. The molecule has 0 atom stereocenters. The Balaban J connectivity index is 2.56. The second-order valence-corrected chi connectivity index (χ2v) is 12.7. The van der Waals surface area contributed by atoms with E-state index in [-0.39, 0.29) is 17.7 Å². The summed E-state index contributed by atoms with van der Waals surface area (Å²) in [7, 11) is -2.94. The number of nitro groups is 1. The number of nitrogens with zero attached hydrogens (tertiary/aromatic N) is 2. The summed E-state index contributed by atoms with van der Waals surface area (Å²) >= 11 is 0. The molecule has 0 spiro atoms. The van der Waals surface area contributed by atoms with Crippen molar-refractivity contribution in [2.75, 3.05) is 13.6 Å². The SMILES string of the molecule is CCCCCCCCCCCCCCCCCCN(C)S(=O)(=O)c1c(C)c(C(=O)O)c([N+](=O)[O-])c(C(=O)O)c1C. The Bertz CT molecular complexity index is 1060. The molecule has 1 aromatic carbocycles. The average Bonchev–Trinajstić information content (AvgIpc) is 2.87. The third-order valence-corrected chi connectivity index (χ3v) is 9.64. The van der Waals surface area contributed by atoms with Crippen molar-refractivity contribution in [2.24, 2.45) is 0 Å². The fourth-order valence-corrected chi connectivity index (χ4v) is 6.90. The fraction of sp³-hybridized carbons (Fsp3) is 0.724. The van der Waals surface area contributed by atoms with Crippen LogP contribution in [0.1, 0.15) is 141 Å². The molecule has 0 unspecified atom stereocenters. The molecule has 11 heteroatoms. The van der Waals surface area contributed by atoms with Crippen molar-refractivity contribution in [2.45, 2.75) is 128 Å². The van der Waals surface area contributed by atoms with Gasteiger partial charge in [-0.15, -0.1) is 0 Å². The van der Waals surface area contributed by atoms with Gasteiger partial charge in [0.15, 0.2) is 0 Å². The highest BCUT2D eigenvalue weighted by Gasteiger charge is 2.39. The largest absolute Gasteiger partial charge is 0.477 e. The van der Waals surface area contributed by atoms with Crippen LogP contribution in [-0.4, -0.2) is 53.4 Å². The van der Waals surface area contributed by atoms with Gasteiger partial charge < -0.3 is 10.2 Å². The number of carbonyl (C=O) groups is 2. The van der Waals surface area contributed by atoms with E-state index in [1.165, 1.54) is 77.7 Å². The molecule has 0 saturated carbocycles. The number of carboxylic acid groups (broad SMARTS) is 2. The molecular formula is C29H48N2O8S. The van der Waals surface area contributed by atoms with Crippen LogP contribution >= 0.6 is 0 Å². The molecule has 0 amide bonds. The molecule has 0 radical (unpaired) electrons. The second kappa shape index (κ2) is 18.0. The van der Waals surface area contributed by atoms with Gasteiger partial charge in [0.05, 0.1) is 9.82 Å². The Kier molecular flexibility index (Phi) is 16.0. The maximum absolute atomic E-state index is 13.4. The van der Waals surface area contributed by atoms with Gasteiger partial charge in [-0.3, -0.25) is 10.1 Å². The number of hydrogen-bond acceptors (Lipinski definition) is 6. The minimum Gasteiger partial charge on any atom is -0.477 e. The first-order chi connectivity index (χ1) is 18.9. The lowest BCUT2D eigenvalue weighted by Gasteiger charge is -2.22. The van der Waals surface area contributed by atoms with Gasteiger partial charge >= 0.3 is 11.9 Å². The number of sulfonamides is 1. The molecule has 1 aromatic rings. The van der Waals surface area contributed by atoms with Crippen LogP contribution in [0.4, 0.5) is 5.69 Å². The molecule has 0 heterocycles. The highest BCUT2D eigenvalue weighted by molar-refractivity contribution is 7.89. The Morgan fingerprint density at radius 2 is 1.05 bits per heavy atom. The van der Waals surface area contributed by atoms with E-state index >= 15 is 0 Å².